The number of carboxylic acid groups (broad SMARTS) is 1. The number of aliphatic carboxylic acids is 1. The summed E-state index contributed by atoms with van der Waals surface area (Å²) < 4.78 is 0. The van der Waals surface area contributed by atoms with E-state index in [2.05, 4.69) is 0 Å². The molecule has 0 amide bonds. The number of carboxylic acids is 1. The number of hydrogen-bond acceptors (Lipinski definition) is 2. The first-order chi connectivity index (χ1) is 3.55. The second kappa shape index (κ2) is 4.60. The fourth-order valence-electron chi connectivity index (χ4n) is 0.247. The van der Waals surface area contributed by atoms with Gasteiger partial charge in [-0.3, -0.25) is 4.79 Å². The first-order valence-corrected chi connectivity index (χ1v) is 2.33. The van der Waals surface area contributed by atoms with Crippen molar-refractivity contribution in [1.29, 1.82) is 0 Å². The van der Waals surface area contributed by atoms with E-state index in [-0.39, 0.29) is 18.9 Å². The summed E-state index contributed by atoms with van der Waals surface area (Å²) in [4.78, 5) is 20.0. The molecule has 0 aromatic heterocycles. The van der Waals surface area contributed by atoms with Crippen LogP contribution >= 0.6 is 0 Å². The van der Waals surface area contributed by atoms with Crippen LogP contribution < -0.4 is 0 Å². The van der Waals surface area contributed by atoms with Crippen molar-refractivity contribution >= 4 is 30.6 Å². The molecule has 0 spiro atoms. The van der Waals surface area contributed by atoms with Crippen LogP contribution in [0, 0.1) is 5.92 Å². The predicted molar refractivity (Wildman–Crippen MR) is 34.6 cm³/mol. The summed E-state index contributed by atoms with van der Waals surface area (Å²) in [5, 5.41) is 8.00. The van der Waals surface area contributed by atoms with Gasteiger partial charge in [-0.1, -0.05) is 13.8 Å². The van der Waals surface area contributed by atoms with Crippen LogP contribution in [0.25, 0.3) is 0 Å². The Bertz CT molecular complexity index is 119. The molecule has 3 nitrogen and oxygen atoms in total. The fourth-order valence-corrected chi connectivity index (χ4v) is 0.247. The Morgan fingerprint density at radius 1 is 1.33 bits per heavy atom. The maximum atomic E-state index is 10.2. The molecule has 48 valence electrons. The molecule has 0 aliphatic heterocycles. The molecule has 0 heterocycles. The van der Waals surface area contributed by atoms with E-state index in [1.807, 2.05) is 0 Å². The summed E-state index contributed by atoms with van der Waals surface area (Å²) in [7, 11) is 0. The van der Waals surface area contributed by atoms with Crippen LogP contribution in [0.15, 0.2) is 0 Å². The zero-order chi connectivity index (χ0) is 6.73. The van der Waals surface area contributed by atoms with Gasteiger partial charge in [-0.15, -0.1) is 0 Å². The number of rotatable bonds is 2. The van der Waals surface area contributed by atoms with Crippen molar-refractivity contribution in [1.82, 2.24) is 0 Å². The summed E-state index contributed by atoms with van der Waals surface area (Å²) in [6, 6.07) is 0. The third kappa shape index (κ3) is 4.25. The molecule has 0 aromatic carbocycles. The van der Waals surface area contributed by atoms with E-state index >= 15 is 0 Å². The molecule has 0 saturated carbocycles. The van der Waals surface area contributed by atoms with Crippen LogP contribution in [0.4, 0.5) is 0 Å². The maximum absolute atomic E-state index is 10.2. The van der Waals surface area contributed by atoms with Crippen LogP contribution in [0.1, 0.15) is 13.8 Å². The Labute approximate surface area is 65.6 Å². The van der Waals surface area contributed by atoms with Gasteiger partial charge in [-0.2, -0.15) is 0 Å². The first-order valence-electron chi connectivity index (χ1n) is 2.33. The SMILES string of the molecule is CC(C)C(=O)C(=O)O.[LiH]. The fraction of sp³-hybridized carbons (Fsp3) is 0.600. The van der Waals surface area contributed by atoms with Crippen molar-refractivity contribution < 1.29 is 14.7 Å². The summed E-state index contributed by atoms with van der Waals surface area (Å²) in [6.07, 6.45) is 0. The van der Waals surface area contributed by atoms with Crippen molar-refractivity contribution in [2.24, 2.45) is 5.92 Å². The van der Waals surface area contributed by atoms with Gasteiger partial charge in [-0.05, 0) is 0 Å². The summed E-state index contributed by atoms with van der Waals surface area (Å²) in [5.74, 6) is -2.47. The van der Waals surface area contributed by atoms with Crippen LogP contribution in [-0.2, 0) is 9.59 Å². The molecule has 0 atom stereocenters. The Hall–Kier alpha value is -0.263. The molecule has 9 heavy (non-hydrogen) atoms. The van der Waals surface area contributed by atoms with E-state index < -0.39 is 17.7 Å². The molecule has 0 aromatic rings. The van der Waals surface area contributed by atoms with Crippen molar-refractivity contribution in [2.75, 3.05) is 0 Å². The number of ketones is 1. The van der Waals surface area contributed by atoms with Gasteiger partial charge in [0, 0.05) is 5.92 Å². The van der Waals surface area contributed by atoms with Gasteiger partial charge in [0.25, 0.3) is 0 Å². The van der Waals surface area contributed by atoms with E-state index in [1.54, 1.807) is 13.8 Å². The van der Waals surface area contributed by atoms with E-state index in [0.29, 0.717) is 0 Å². The standard InChI is InChI=1S/C5H8O3.Li.H/c1-3(2)4(6)5(7)8;;/h3H,1-2H3,(H,7,8);;. The van der Waals surface area contributed by atoms with Gasteiger partial charge in [0.1, 0.15) is 0 Å². The van der Waals surface area contributed by atoms with Gasteiger partial charge in [0.15, 0.2) is 0 Å². The van der Waals surface area contributed by atoms with Crippen molar-refractivity contribution in [2.45, 2.75) is 13.8 Å². The van der Waals surface area contributed by atoms with Gasteiger partial charge < -0.3 is 5.11 Å². The molecule has 0 bridgehead atoms. The quantitative estimate of drug-likeness (QED) is 0.404. The predicted octanol–water partition coefficient (Wildman–Crippen LogP) is -0.352. The zero-order valence-corrected chi connectivity index (χ0v) is 4.84. The number of hydrogen-bond donors (Lipinski definition) is 1. The molecule has 0 aliphatic carbocycles. The second-order valence-electron chi connectivity index (χ2n) is 1.82. The van der Waals surface area contributed by atoms with Crippen molar-refractivity contribution in [3.63, 3.8) is 0 Å². The Morgan fingerprint density at radius 3 is 1.67 bits per heavy atom. The molecule has 0 aliphatic rings. The van der Waals surface area contributed by atoms with Gasteiger partial charge in [0.05, 0.1) is 0 Å². The van der Waals surface area contributed by atoms with Crippen LogP contribution in [0.3, 0.4) is 0 Å². The number of Topliss-reactive ketones (excluding diaryl/α,β-unsaturated/α-hetero) is 1. The first kappa shape index (κ1) is 11.5. The average Bonchev–Trinajstić information content (AvgIpc) is 1.64. The minimum atomic E-state index is -1.35. The van der Waals surface area contributed by atoms with E-state index in [4.69, 9.17) is 5.11 Å². The van der Waals surface area contributed by atoms with Gasteiger partial charge >= 0.3 is 24.8 Å². The van der Waals surface area contributed by atoms with Gasteiger partial charge in [-0.25, -0.2) is 4.79 Å². The number of carbonyl (C=O) groups excluding carboxylic acids is 1. The van der Waals surface area contributed by atoms with E-state index in [0.717, 1.165) is 0 Å². The topological polar surface area (TPSA) is 54.4 Å². The molecule has 0 rings (SSSR count). The van der Waals surface area contributed by atoms with E-state index in [9.17, 15) is 9.59 Å². The Morgan fingerprint density at radius 2 is 1.67 bits per heavy atom. The molecular weight excluding hydrogens is 115 g/mol. The molecule has 0 unspecified atom stereocenters. The monoisotopic (exact) mass is 124 g/mol. The number of carbonyl (C=O) groups is 2. The van der Waals surface area contributed by atoms with Crippen LogP contribution in [0.5, 0.6) is 0 Å². The molecule has 0 fully saturated rings. The third-order valence-electron chi connectivity index (χ3n) is 0.735. The normalized spacial score (nSPS) is 8.33. The average molecular weight is 124 g/mol. The van der Waals surface area contributed by atoms with Crippen LogP contribution in [0.2, 0.25) is 0 Å². The summed E-state index contributed by atoms with van der Waals surface area (Å²) in [6.45, 7) is 3.10. The van der Waals surface area contributed by atoms with Gasteiger partial charge in [0.2, 0.25) is 5.78 Å². The molecule has 4 heteroatoms. The second-order valence-corrected chi connectivity index (χ2v) is 1.82. The Balaban J connectivity index is 0. The summed E-state index contributed by atoms with van der Waals surface area (Å²) in [5.41, 5.74) is 0. The molecular formula is C5H9LiO3. The summed E-state index contributed by atoms with van der Waals surface area (Å²) >= 11 is 0. The Kier molecular flexibility index (Phi) is 5.89. The zero-order valence-electron chi connectivity index (χ0n) is 4.84. The van der Waals surface area contributed by atoms with Crippen LogP contribution in [-0.4, -0.2) is 35.7 Å². The van der Waals surface area contributed by atoms with Crippen molar-refractivity contribution in [3.05, 3.63) is 0 Å². The molecule has 0 saturated heterocycles. The molecule has 1 N–H and O–H groups in total. The molecule has 0 radical (unpaired) electrons. The van der Waals surface area contributed by atoms with E-state index in [1.165, 1.54) is 0 Å². The minimum absolute atomic E-state index is 0. The van der Waals surface area contributed by atoms with Crippen molar-refractivity contribution in [3.8, 4) is 0 Å². The third-order valence-corrected chi connectivity index (χ3v) is 0.735.